The number of hydrogen-bond donors (Lipinski definition) is 3. The molecule has 0 spiro atoms. The summed E-state index contributed by atoms with van der Waals surface area (Å²) in [6.07, 6.45) is 1.74. The monoisotopic (exact) mass is 441 g/mol. The number of aliphatic hydroxyl groups excluding tert-OH is 1. The van der Waals surface area contributed by atoms with E-state index in [0.29, 0.717) is 18.3 Å². The van der Waals surface area contributed by atoms with Crippen LogP contribution < -0.4 is 10.6 Å². The molecule has 3 rings (SSSR count). The molecule has 6 nitrogen and oxygen atoms in total. The summed E-state index contributed by atoms with van der Waals surface area (Å²) >= 11 is 3.45. The van der Waals surface area contributed by atoms with Crippen LogP contribution in [0.25, 0.3) is 11.4 Å². The Morgan fingerprint density at radius 2 is 1.82 bits per heavy atom. The zero-order chi connectivity index (χ0) is 19.9. The minimum Gasteiger partial charge on any atom is -0.394 e. The lowest BCUT2D eigenvalue weighted by Gasteiger charge is -2.20. The number of hydrogen-bond acceptors (Lipinski definition) is 6. The Labute approximate surface area is 173 Å². The molecular formula is C21H24BrN5O. The van der Waals surface area contributed by atoms with Gasteiger partial charge in [0.2, 0.25) is 5.95 Å². The van der Waals surface area contributed by atoms with Gasteiger partial charge in [-0.1, -0.05) is 48.0 Å². The van der Waals surface area contributed by atoms with Gasteiger partial charge in [-0.2, -0.15) is 4.98 Å². The molecule has 1 aromatic carbocycles. The highest BCUT2D eigenvalue weighted by Gasteiger charge is 2.15. The third kappa shape index (κ3) is 5.50. The molecule has 0 aliphatic heterocycles. The second-order valence-electron chi connectivity index (χ2n) is 6.83. The number of benzene rings is 1. The summed E-state index contributed by atoms with van der Waals surface area (Å²) < 4.78 is 1.05. The van der Waals surface area contributed by atoms with Crippen LogP contribution in [0, 0.1) is 5.92 Å². The molecule has 0 bridgehead atoms. The average molecular weight is 442 g/mol. The van der Waals surface area contributed by atoms with Gasteiger partial charge >= 0.3 is 0 Å². The van der Waals surface area contributed by atoms with Crippen molar-refractivity contribution >= 4 is 27.7 Å². The maximum atomic E-state index is 9.64. The number of halogens is 1. The molecule has 7 heteroatoms. The normalized spacial score (nSPS) is 12.0. The summed E-state index contributed by atoms with van der Waals surface area (Å²) in [6, 6.07) is 15.6. The molecule has 0 amide bonds. The van der Waals surface area contributed by atoms with Gasteiger partial charge in [0.05, 0.1) is 24.0 Å². The van der Waals surface area contributed by atoms with E-state index in [4.69, 9.17) is 0 Å². The summed E-state index contributed by atoms with van der Waals surface area (Å²) in [6.45, 7) is 4.74. The van der Waals surface area contributed by atoms with Crippen molar-refractivity contribution in [2.45, 2.75) is 26.4 Å². The number of aromatic nitrogens is 3. The third-order valence-corrected chi connectivity index (χ3v) is 4.88. The largest absolute Gasteiger partial charge is 0.394 e. The molecule has 3 aromatic rings. The van der Waals surface area contributed by atoms with Crippen LogP contribution in [0.15, 0.2) is 59.2 Å². The lowest BCUT2D eigenvalue weighted by molar-refractivity contribution is 0.248. The van der Waals surface area contributed by atoms with E-state index in [0.717, 1.165) is 21.4 Å². The first-order valence-corrected chi connectivity index (χ1v) is 10.0. The third-order valence-electron chi connectivity index (χ3n) is 4.36. The fraction of sp³-hybridized carbons (Fsp3) is 0.286. The van der Waals surface area contributed by atoms with E-state index in [9.17, 15) is 5.11 Å². The first-order chi connectivity index (χ1) is 13.5. The molecule has 1 atom stereocenters. The van der Waals surface area contributed by atoms with Gasteiger partial charge in [-0.3, -0.25) is 4.98 Å². The molecule has 0 unspecified atom stereocenters. The zero-order valence-corrected chi connectivity index (χ0v) is 17.5. The van der Waals surface area contributed by atoms with E-state index in [1.807, 2.05) is 50.2 Å². The van der Waals surface area contributed by atoms with Crippen molar-refractivity contribution in [3.63, 3.8) is 0 Å². The van der Waals surface area contributed by atoms with Crippen molar-refractivity contribution in [1.29, 1.82) is 0 Å². The Morgan fingerprint density at radius 1 is 1.04 bits per heavy atom. The fourth-order valence-electron chi connectivity index (χ4n) is 2.63. The summed E-state index contributed by atoms with van der Waals surface area (Å²) in [4.78, 5) is 13.6. The first kappa shape index (κ1) is 20.2. The smallest absolute Gasteiger partial charge is 0.225 e. The van der Waals surface area contributed by atoms with Crippen molar-refractivity contribution in [3.8, 4) is 11.4 Å². The fourth-order valence-corrected chi connectivity index (χ4v) is 2.90. The Balaban J connectivity index is 1.87. The highest BCUT2D eigenvalue weighted by Crippen LogP contribution is 2.21. The van der Waals surface area contributed by atoms with E-state index < -0.39 is 0 Å². The number of aliphatic hydroxyl groups is 1. The molecule has 2 heterocycles. The number of nitrogens with zero attached hydrogens (tertiary/aromatic N) is 3. The van der Waals surface area contributed by atoms with E-state index in [1.54, 1.807) is 6.20 Å². The highest BCUT2D eigenvalue weighted by molar-refractivity contribution is 9.10. The van der Waals surface area contributed by atoms with Gasteiger partial charge in [0, 0.05) is 23.3 Å². The predicted molar refractivity (Wildman–Crippen MR) is 116 cm³/mol. The summed E-state index contributed by atoms with van der Waals surface area (Å²) in [5, 5.41) is 16.2. The minimum atomic E-state index is -0.127. The minimum absolute atomic E-state index is 0.0104. The molecule has 0 fully saturated rings. The van der Waals surface area contributed by atoms with E-state index >= 15 is 0 Å². The summed E-state index contributed by atoms with van der Waals surface area (Å²) in [7, 11) is 0. The number of anilines is 2. The van der Waals surface area contributed by atoms with Crippen LogP contribution in [-0.2, 0) is 6.54 Å². The SMILES string of the molecule is CC(C)[C@H](CO)Nc1nc(NCc2ccc(Br)cc2)cc(-c2ccccn2)n1. The van der Waals surface area contributed by atoms with Gasteiger partial charge in [-0.25, -0.2) is 4.98 Å². The van der Waals surface area contributed by atoms with E-state index in [-0.39, 0.29) is 18.6 Å². The van der Waals surface area contributed by atoms with Gasteiger partial charge < -0.3 is 15.7 Å². The summed E-state index contributed by atoms with van der Waals surface area (Å²) in [5.74, 6) is 1.40. The van der Waals surface area contributed by atoms with Gasteiger partial charge in [-0.15, -0.1) is 0 Å². The van der Waals surface area contributed by atoms with Gasteiger partial charge in [0.1, 0.15) is 5.82 Å². The van der Waals surface area contributed by atoms with Crippen LogP contribution in [0.5, 0.6) is 0 Å². The molecule has 0 saturated heterocycles. The van der Waals surface area contributed by atoms with E-state index in [1.165, 1.54) is 0 Å². The molecule has 28 heavy (non-hydrogen) atoms. The van der Waals surface area contributed by atoms with Gasteiger partial charge in [-0.05, 0) is 35.7 Å². The van der Waals surface area contributed by atoms with Crippen molar-refractivity contribution < 1.29 is 5.11 Å². The van der Waals surface area contributed by atoms with Crippen molar-refractivity contribution in [1.82, 2.24) is 15.0 Å². The second-order valence-corrected chi connectivity index (χ2v) is 7.75. The predicted octanol–water partition coefficient (Wildman–Crippen LogP) is 4.34. The quantitative estimate of drug-likeness (QED) is 0.482. The Kier molecular flexibility index (Phi) is 6.95. The molecule has 0 aliphatic carbocycles. The van der Waals surface area contributed by atoms with Crippen molar-refractivity contribution in [3.05, 3.63) is 64.8 Å². The van der Waals surface area contributed by atoms with Crippen molar-refractivity contribution in [2.24, 2.45) is 5.92 Å². The molecule has 146 valence electrons. The van der Waals surface area contributed by atoms with Crippen molar-refractivity contribution in [2.75, 3.05) is 17.2 Å². The van der Waals surface area contributed by atoms with Crippen LogP contribution >= 0.6 is 15.9 Å². The molecule has 0 radical (unpaired) electrons. The highest BCUT2D eigenvalue weighted by atomic mass is 79.9. The topological polar surface area (TPSA) is 83.0 Å². The maximum Gasteiger partial charge on any atom is 0.225 e. The average Bonchev–Trinajstić information content (AvgIpc) is 2.72. The van der Waals surface area contributed by atoms with Gasteiger partial charge in [0.25, 0.3) is 0 Å². The van der Waals surface area contributed by atoms with Crippen LogP contribution in [0.4, 0.5) is 11.8 Å². The van der Waals surface area contributed by atoms with E-state index in [2.05, 4.69) is 53.6 Å². The Bertz CT molecular complexity index is 887. The second kappa shape index (κ2) is 9.61. The Hall–Kier alpha value is -2.51. The van der Waals surface area contributed by atoms with Crippen LogP contribution in [0.2, 0.25) is 0 Å². The lowest BCUT2D eigenvalue weighted by atomic mass is 10.1. The number of pyridine rings is 1. The molecule has 2 aromatic heterocycles. The lowest BCUT2D eigenvalue weighted by Crippen LogP contribution is -2.30. The number of nitrogens with one attached hydrogen (secondary N) is 2. The van der Waals surface area contributed by atoms with Crippen LogP contribution in [0.3, 0.4) is 0 Å². The molecular weight excluding hydrogens is 418 g/mol. The van der Waals surface area contributed by atoms with Gasteiger partial charge in [0.15, 0.2) is 0 Å². The van der Waals surface area contributed by atoms with Crippen LogP contribution in [-0.4, -0.2) is 32.7 Å². The maximum absolute atomic E-state index is 9.64. The molecule has 0 saturated carbocycles. The summed E-state index contributed by atoms with van der Waals surface area (Å²) in [5.41, 5.74) is 2.63. The molecule has 3 N–H and O–H groups in total. The standard InChI is InChI=1S/C21H24BrN5O/c1-14(2)19(13-28)26-21-25-18(17-5-3-4-10-23-17)11-20(27-21)24-12-15-6-8-16(22)9-7-15/h3-11,14,19,28H,12-13H2,1-2H3,(H2,24,25,26,27)/t19-/m0/s1. The molecule has 0 aliphatic rings. The number of rotatable bonds is 8. The first-order valence-electron chi connectivity index (χ1n) is 9.21. The zero-order valence-electron chi connectivity index (χ0n) is 15.9. The Morgan fingerprint density at radius 3 is 2.46 bits per heavy atom. The van der Waals surface area contributed by atoms with Crippen LogP contribution in [0.1, 0.15) is 19.4 Å².